The van der Waals surface area contributed by atoms with Gasteiger partial charge in [0.1, 0.15) is 11.6 Å². The van der Waals surface area contributed by atoms with E-state index in [0.717, 1.165) is 37.3 Å². The summed E-state index contributed by atoms with van der Waals surface area (Å²) in [5, 5.41) is 0. The molecule has 114 valence electrons. The summed E-state index contributed by atoms with van der Waals surface area (Å²) < 4.78 is 15.6. The Bertz CT molecular complexity index is 617. The topological polar surface area (TPSA) is 21.1 Å². The van der Waals surface area contributed by atoms with E-state index in [0.29, 0.717) is 17.4 Å². The van der Waals surface area contributed by atoms with Gasteiger partial charge in [-0.3, -0.25) is 0 Å². The molecule has 1 aliphatic rings. The molecule has 1 saturated heterocycles. The number of likely N-dealkylation sites (tertiary alicyclic amines) is 1. The van der Waals surface area contributed by atoms with E-state index in [2.05, 4.69) is 21.4 Å². The minimum absolute atomic E-state index is 0.244. The van der Waals surface area contributed by atoms with E-state index in [1.165, 1.54) is 25.1 Å². The quantitative estimate of drug-likeness (QED) is 0.797. The van der Waals surface area contributed by atoms with Gasteiger partial charge in [0.05, 0.1) is 16.9 Å². The van der Waals surface area contributed by atoms with E-state index < -0.39 is 0 Å². The van der Waals surface area contributed by atoms with E-state index in [4.69, 9.17) is 11.6 Å². The van der Waals surface area contributed by atoms with Crippen LogP contribution >= 0.6 is 11.6 Å². The zero-order valence-electron chi connectivity index (χ0n) is 12.4. The molecule has 0 saturated carbocycles. The molecule has 1 aromatic heterocycles. The Hall–Kier alpha value is -1.13. The van der Waals surface area contributed by atoms with E-state index in [9.17, 15) is 4.39 Å². The average Bonchev–Trinajstić information content (AvgIpc) is 2.86. The van der Waals surface area contributed by atoms with Crippen LogP contribution in [0, 0.1) is 5.82 Å². The first-order valence-corrected chi connectivity index (χ1v) is 8.21. The van der Waals surface area contributed by atoms with Crippen LogP contribution in [-0.4, -0.2) is 34.1 Å². The predicted octanol–water partition coefficient (Wildman–Crippen LogP) is 3.96. The highest BCUT2D eigenvalue weighted by molar-refractivity contribution is 6.16. The predicted molar refractivity (Wildman–Crippen MR) is 84.3 cm³/mol. The van der Waals surface area contributed by atoms with Crippen LogP contribution in [0.1, 0.15) is 38.1 Å². The maximum absolute atomic E-state index is 13.4. The first-order valence-electron chi connectivity index (χ1n) is 7.67. The number of alkyl halides is 1. The first-order chi connectivity index (χ1) is 10.2. The van der Waals surface area contributed by atoms with Gasteiger partial charge in [0.2, 0.25) is 0 Å². The van der Waals surface area contributed by atoms with Crippen LogP contribution in [0.4, 0.5) is 4.39 Å². The molecule has 1 aromatic carbocycles. The smallest absolute Gasteiger partial charge is 0.125 e. The molecule has 0 atom stereocenters. The third-order valence-corrected chi connectivity index (χ3v) is 4.55. The third kappa shape index (κ3) is 2.92. The maximum atomic E-state index is 13.4. The van der Waals surface area contributed by atoms with Crippen molar-refractivity contribution in [3.63, 3.8) is 0 Å². The van der Waals surface area contributed by atoms with Crippen molar-refractivity contribution < 1.29 is 4.39 Å². The van der Waals surface area contributed by atoms with Crippen molar-refractivity contribution in [3.8, 4) is 0 Å². The van der Waals surface area contributed by atoms with Crippen molar-refractivity contribution >= 4 is 22.6 Å². The van der Waals surface area contributed by atoms with Crippen molar-refractivity contribution in [1.29, 1.82) is 0 Å². The molecule has 0 N–H and O–H groups in total. The number of hydrogen-bond donors (Lipinski definition) is 0. The molecule has 0 bridgehead atoms. The molecule has 2 heterocycles. The lowest BCUT2D eigenvalue weighted by atomic mass is 10.0. The Morgan fingerprint density at radius 1 is 1.33 bits per heavy atom. The lowest BCUT2D eigenvalue weighted by Crippen LogP contribution is -2.35. The third-order valence-electron chi connectivity index (χ3n) is 4.31. The highest BCUT2D eigenvalue weighted by Gasteiger charge is 2.24. The number of aromatic nitrogens is 2. The van der Waals surface area contributed by atoms with Gasteiger partial charge in [-0.05, 0) is 37.9 Å². The normalized spacial score (nSPS) is 17.7. The van der Waals surface area contributed by atoms with Crippen LogP contribution in [-0.2, 0) is 5.88 Å². The largest absolute Gasteiger partial charge is 0.324 e. The number of rotatable bonds is 4. The van der Waals surface area contributed by atoms with E-state index in [1.807, 2.05) is 6.07 Å². The van der Waals surface area contributed by atoms with Crippen LogP contribution in [0.3, 0.4) is 0 Å². The van der Waals surface area contributed by atoms with Crippen LogP contribution in [0.2, 0.25) is 0 Å². The average molecular weight is 310 g/mol. The molecule has 1 aliphatic heterocycles. The Morgan fingerprint density at radius 2 is 2.10 bits per heavy atom. The number of benzene rings is 1. The van der Waals surface area contributed by atoms with Gasteiger partial charge in [0.25, 0.3) is 0 Å². The second kappa shape index (κ2) is 6.32. The minimum atomic E-state index is -0.244. The molecular formula is C16H21ClFN3. The van der Waals surface area contributed by atoms with Crippen molar-refractivity contribution in [2.24, 2.45) is 0 Å². The summed E-state index contributed by atoms with van der Waals surface area (Å²) in [6, 6.07) is 5.24. The summed E-state index contributed by atoms with van der Waals surface area (Å²) in [5.74, 6) is 0.975. The number of nitrogens with zero attached hydrogens (tertiary/aromatic N) is 3. The Labute approximate surface area is 129 Å². The van der Waals surface area contributed by atoms with Gasteiger partial charge in [-0.15, -0.1) is 11.6 Å². The molecule has 5 heteroatoms. The van der Waals surface area contributed by atoms with Gasteiger partial charge in [0, 0.05) is 25.2 Å². The van der Waals surface area contributed by atoms with Crippen molar-refractivity contribution in [1.82, 2.24) is 14.5 Å². The summed E-state index contributed by atoms with van der Waals surface area (Å²) in [4.78, 5) is 7.01. The first kappa shape index (κ1) is 14.8. The summed E-state index contributed by atoms with van der Waals surface area (Å²) in [6.45, 7) is 5.61. The van der Waals surface area contributed by atoms with Crippen molar-refractivity contribution in [2.75, 3.05) is 19.6 Å². The Morgan fingerprint density at radius 3 is 2.76 bits per heavy atom. The molecule has 3 rings (SSSR count). The molecule has 0 spiro atoms. The van der Waals surface area contributed by atoms with Crippen LogP contribution in [0.15, 0.2) is 18.2 Å². The van der Waals surface area contributed by atoms with Crippen LogP contribution in [0.5, 0.6) is 0 Å². The molecule has 0 unspecified atom stereocenters. The van der Waals surface area contributed by atoms with E-state index in [1.54, 1.807) is 0 Å². The van der Waals surface area contributed by atoms with E-state index in [-0.39, 0.29) is 5.82 Å². The Kier molecular flexibility index (Phi) is 4.45. The fourth-order valence-electron chi connectivity index (χ4n) is 3.34. The molecule has 21 heavy (non-hydrogen) atoms. The Balaban J connectivity index is 1.89. The fraction of sp³-hybridized carbons (Fsp3) is 0.562. The standard InChI is InChI=1S/C16H21ClFN3/c1-2-7-20-8-5-13(6-9-20)21-15-4-3-12(18)10-14(15)19-16(21)11-17/h3-4,10,13H,2,5-9,11H2,1H3. The number of hydrogen-bond acceptors (Lipinski definition) is 2. The summed E-state index contributed by atoms with van der Waals surface area (Å²) >= 11 is 6.05. The number of fused-ring (bicyclic) bond motifs is 1. The molecular weight excluding hydrogens is 289 g/mol. The summed E-state index contributed by atoms with van der Waals surface area (Å²) in [7, 11) is 0. The van der Waals surface area contributed by atoms with Crippen molar-refractivity contribution in [3.05, 3.63) is 29.8 Å². The second-order valence-corrected chi connectivity index (χ2v) is 6.00. The van der Waals surface area contributed by atoms with Crippen molar-refractivity contribution in [2.45, 2.75) is 38.1 Å². The molecule has 0 amide bonds. The second-order valence-electron chi connectivity index (χ2n) is 5.74. The molecule has 2 aromatic rings. The molecule has 0 radical (unpaired) electrons. The van der Waals surface area contributed by atoms with Gasteiger partial charge < -0.3 is 9.47 Å². The van der Waals surface area contributed by atoms with E-state index >= 15 is 0 Å². The summed E-state index contributed by atoms with van der Waals surface area (Å²) in [5.41, 5.74) is 1.71. The monoisotopic (exact) mass is 309 g/mol. The highest BCUT2D eigenvalue weighted by Crippen LogP contribution is 2.29. The lowest BCUT2D eigenvalue weighted by Gasteiger charge is -2.33. The number of imidazole rings is 1. The summed E-state index contributed by atoms with van der Waals surface area (Å²) in [6.07, 6.45) is 3.41. The van der Waals surface area contributed by atoms with Gasteiger partial charge in [-0.2, -0.15) is 0 Å². The van der Waals surface area contributed by atoms with Gasteiger partial charge in [-0.1, -0.05) is 6.92 Å². The zero-order valence-corrected chi connectivity index (χ0v) is 13.1. The SMILES string of the molecule is CCCN1CCC(n2c(CCl)nc3cc(F)ccc32)CC1. The molecule has 1 fully saturated rings. The fourth-order valence-corrected chi connectivity index (χ4v) is 3.53. The van der Waals surface area contributed by atoms with Crippen LogP contribution in [0.25, 0.3) is 11.0 Å². The zero-order chi connectivity index (χ0) is 14.8. The highest BCUT2D eigenvalue weighted by atomic mass is 35.5. The van der Waals surface area contributed by atoms with Crippen LogP contribution < -0.4 is 0 Å². The number of piperidine rings is 1. The maximum Gasteiger partial charge on any atom is 0.125 e. The van der Waals surface area contributed by atoms with Gasteiger partial charge >= 0.3 is 0 Å². The number of halogens is 2. The van der Waals surface area contributed by atoms with Gasteiger partial charge in [-0.25, -0.2) is 9.37 Å². The molecule has 0 aliphatic carbocycles. The molecule has 3 nitrogen and oxygen atoms in total. The lowest BCUT2D eigenvalue weighted by molar-refractivity contribution is 0.187. The van der Waals surface area contributed by atoms with Gasteiger partial charge in [0.15, 0.2) is 0 Å². The minimum Gasteiger partial charge on any atom is -0.324 e.